The zero-order chi connectivity index (χ0) is 22.6. The molecule has 0 bridgehead atoms. The smallest absolute Gasteiger partial charge is 0.339 e. The molecule has 0 aliphatic carbocycles. The molecule has 14 heteroatoms. The van der Waals surface area contributed by atoms with Crippen LogP contribution in [0.1, 0.15) is 13.8 Å². The molecule has 0 aliphatic rings. The minimum absolute atomic E-state index is 0.0177. The maximum atomic E-state index is 12.5. The third-order valence-electron chi connectivity index (χ3n) is 3.25. The highest BCUT2D eigenvalue weighted by molar-refractivity contribution is 7.87. The molecule has 0 unspecified atom stereocenters. The van der Waals surface area contributed by atoms with E-state index >= 15 is 0 Å². The Morgan fingerprint density at radius 1 is 0.833 bits per heavy atom. The number of nitro benzene ring substituents is 2. The summed E-state index contributed by atoms with van der Waals surface area (Å²) in [6.07, 6.45) is 0. The topological polar surface area (TPSA) is 182 Å². The van der Waals surface area contributed by atoms with Crippen molar-refractivity contribution in [2.24, 2.45) is 0 Å². The Hall–Kier alpha value is -4.07. The summed E-state index contributed by atoms with van der Waals surface area (Å²) < 4.78 is 39.0. The van der Waals surface area contributed by atoms with E-state index in [2.05, 4.69) is 4.74 Å². The van der Waals surface area contributed by atoms with E-state index in [1.165, 1.54) is 0 Å². The van der Waals surface area contributed by atoms with Gasteiger partial charge in [-0.05, 0) is 24.3 Å². The van der Waals surface area contributed by atoms with Gasteiger partial charge in [-0.15, -0.1) is 0 Å². The molecule has 0 saturated carbocycles. The predicted molar refractivity (Wildman–Crippen MR) is 96.6 cm³/mol. The van der Waals surface area contributed by atoms with Gasteiger partial charge in [0.15, 0.2) is 0 Å². The van der Waals surface area contributed by atoms with Crippen LogP contribution in [0.4, 0.5) is 11.4 Å². The van der Waals surface area contributed by atoms with Crippen LogP contribution in [0.3, 0.4) is 0 Å². The lowest BCUT2D eigenvalue weighted by molar-refractivity contribution is -0.395. The molecular weight excluding hydrogens is 428 g/mol. The molecule has 0 N–H and O–H groups in total. The zero-order valence-corrected chi connectivity index (χ0v) is 16.1. The number of hydrogen-bond donors (Lipinski definition) is 0. The summed E-state index contributed by atoms with van der Waals surface area (Å²) in [5, 5.41) is 22.6. The number of carbonyl (C=O) groups excluding carboxylic acids is 2. The normalized spacial score (nSPS) is 10.7. The molecule has 13 nitrogen and oxygen atoms in total. The van der Waals surface area contributed by atoms with Crippen LogP contribution in [-0.4, -0.2) is 30.2 Å². The van der Waals surface area contributed by atoms with Crippen LogP contribution >= 0.6 is 0 Å². The molecule has 0 spiro atoms. The second-order valence-electron chi connectivity index (χ2n) is 5.50. The van der Waals surface area contributed by atoms with E-state index in [1.807, 2.05) is 0 Å². The van der Waals surface area contributed by atoms with Crippen molar-refractivity contribution in [3.05, 3.63) is 56.6 Å². The summed E-state index contributed by atoms with van der Waals surface area (Å²) >= 11 is 0. The molecule has 2 rings (SSSR count). The summed E-state index contributed by atoms with van der Waals surface area (Å²) in [6, 6.07) is 5.40. The van der Waals surface area contributed by atoms with Crippen LogP contribution in [0.25, 0.3) is 0 Å². The average molecular weight is 440 g/mol. The van der Waals surface area contributed by atoms with Crippen molar-refractivity contribution < 1.29 is 41.5 Å². The number of hydrogen-bond acceptors (Lipinski definition) is 11. The van der Waals surface area contributed by atoms with Crippen molar-refractivity contribution in [1.29, 1.82) is 0 Å². The Morgan fingerprint density at radius 3 is 1.67 bits per heavy atom. The Bertz CT molecular complexity index is 1110. The summed E-state index contributed by atoms with van der Waals surface area (Å²) in [4.78, 5) is 41.8. The van der Waals surface area contributed by atoms with Gasteiger partial charge in [-0.1, -0.05) is 0 Å². The van der Waals surface area contributed by atoms with Gasteiger partial charge in [0.1, 0.15) is 16.4 Å². The molecule has 2 aromatic rings. The van der Waals surface area contributed by atoms with Crippen molar-refractivity contribution >= 4 is 33.4 Å². The zero-order valence-electron chi connectivity index (χ0n) is 15.3. The van der Waals surface area contributed by atoms with E-state index in [4.69, 9.17) is 8.92 Å². The Balaban J connectivity index is 2.54. The SMILES string of the molecule is CC(=O)Oc1ccc(S(=O)(=O)Oc2c([N+](=O)[O-])cc(OC(C)=O)cc2[N+](=O)[O-])cc1. The van der Waals surface area contributed by atoms with Crippen LogP contribution in [-0.2, 0) is 19.7 Å². The molecule has 0 aliphatic heterocycles. The van der Waals surface area contributed by atoms with Gasteiger partial charge >= 0.3 is 33.4 Å². The van der Waals surface area contributed by atoms with Gasteiger partial charge in [-0.25, -0.2) is 0 Å². The van der Waals surface area contributed by atoms with Crippen LogP contribution < -0.4 is 13.7 Å². The highest BCUT2D eigenvalue weighted by Gasteiger charge is 2.34. The van der Waals surface area contributed by atoms with Gasteiger partial charge < -0.3 is 13.7 Å². The summed E-state index contributed by atoms with van der Waals surface area (Å²) in [7, 11) is -4.76. The first-order valence-corrected chi connectivity index (χ1v) is 9.19. The molecular formula is C16H12N2O11S. The lowest BCUT2D eigenvalue weighted by Gasteiger charge is -2.10. The van der Waals surface area contributed by atoms with Crippen LogP contribution in [0.15, 0.2) is 41.3 Å². The van der Waals surface area contributed by atoms with Crippen molar-refractivity contribution in [1.82, 2.24) is 0 Å². The van der Waals surface area contributed by atoms with E-state index in [1.54, 1.807) is 0 Å². The molecule has 158 valence electrons. The number of nitro groups is 2. The summed E-state index contributed by atoms with van der Waals surface area (Å²) in [5.41, 5.74) is -2.22. The molecule has 2 aromatic carbocycles. The molecule has 0 aromatic heterocycles. The Morgan fingerprint density at radius 2 is 1.27 bits per heavy atom. The van der Waals surface area contributed by atoms with Crippen LogP contribution in [0.5, 0.6) is 17.2 Å². The van der Waals surface area contributed by atoms with Crippen LogP contribution in [0.2, 0.25) is 0 Å². The largest absolute Gasteiger partial charge is 0.427 e. The van der Waals surface area contributed by atoms with Crippen molar-refractivity contribution in [3.8, 4) is 17.2 Å². The van der Waals surface area contributed by atoms with Crippen molar-refractivity contribution in [3.63, 3.8) is 0 Å². The number of ether oxygens (including phenoxy) is 2. The van der Waals surface area contributed by atoms with Gasteiger partial charge in [-0.3, -0.25) is 29.8 Å². The average Bonchev–Trinajstić information content (AvgIpc) is 2.61. The van der Waals surface area contributed by atoms with Gasteiger partial charge in [0.05, 0.1) is 22.0 Å². The fourth-order valence-corrected chi connectivity index (χ4v) is 3.11. The van der Waals surface area contributed by atoms with Gasteiger partial charge in [-0.2, -0.15) is 8.42 Å². The standard InChI is InChI=1S/C16H12N2O11S/c1-9(19)27-11-3-5-13(6-4-11)30(25,26)29-16-14(17(21)22)7-12(28-10(2)20)8-15(16)18(23)24/h3-8H,1-2H3. The number of rotatable bonds is 7. The fourth-order valence-electron chi connectivity index (χ4n) is 2.15. The van der Waals surface area contributed by atoms with E-state index in [0.29, 0.717) is 12.1 Å². The van der Waals surface area contributed by atoms with E-state index < -0.39 is 59.7 Å². The number of esters is 2. The summed E-state index contributed by atoms with van der Waals surface area (Å²) in [6.45, 7) is 2.09. The summed E-state index contributed by atoms with van der Waals surface area (Å²) in [5.74, 6) is -3.26. The minimum Gasteiger partial charge on any atom is -0.427 e. The molecule has 0 fully saturated rings. The van der Waals surface area contributed by atoms with Gasteiger partial charge in [0, 0.05) is 13.8 Å². The van der Waals surface area contributed by atoms with Crippen molar-refractivity contribution in [2.75, 3.05) is 0 Å². The first kappa shape index (κ1) is 22.2. The molecule has 0 radical (unpaired) electrons. The monoisotopic (exact) mass is 440 g/mol. The Kier molecular flexibility index (Phi) is 6.31. The van der Waals surface area contributed by atoms with Crippen molar-refractivity contribution in [2.45, 2.75) is 18.7 Å². The maximum absolute atomic E-state index is 12.5. The third-order valence-corrected chi connectivity index (χ3v) is 4.48. The number of carbonyl (C=O) groups is 2. The molecule has 0 amide bonds. The first-order valence-electron chi connectivity index (χ1n) is 7.79. The van der Waals surface area contributed by atoms with Crippen LogP contribution in [0, 0.1) is 20.2 Å². The quantitative estimate of drug-likeness (QED) is 0.202. The highest BCUT2D eigenvalue weighted by Crippen LogP contribution is 2.42. The highest BCUT2D eigenvalue weighted by atomic mass is 32.2. The second-order valence-corrected chi connectivity index (χ2v) is 7.05. The van der Waals surface area contributed by atoms with Gasteiger partial charge in [0.2, 0.25) is 0 Å². The van der Waals surface area contributed by atoms with E-state index in [0.717, 1.165) is 38.1 Å². The Labute approximate surface area is 168 Å². The van der Waals surface area contributed by atoms with E-state index in [-0.39, 0.29) is 5.75 Å². The van der Waals surface area contributed by atoms with E-state index in [9.17, 15) is 38.2 Å². The number of nitrogens with zero attached hydrogens (tertiary/aromatic N) is 2. The molecule has 0 saturated heterocycles. The lowest BCUT2D eigenvalue weighted by atomic mass is 10.2. The number of benzene rings is 2. The minimum atomic E-state index is -4.76. The maximum Gasteiger partial charge on any atom is 0.339 e. The molecule has 0 atom stereocenters. The third kappa shape index (κ3) is 5.26. The van der Waals surface area contributed by atoms with Gasteiger partial charge in [0.25, 0.3) is 5.75 Å². The fraction of sp³-hybridized carbons (Fsp3) is 0.125. The second kappa shape index (κ2) is 8.52. The lowest BCUT2D eigenvalue weighted by Crippen LogP contribution is -2.13. The molecule has 30 heavy (non-hydrogen) atoms. The predicted octanol–water partition coefficient (Wildman–Crippen LogP) is 2.12. The first-order chi connectivity index (χ1) is 13.9. The molecule has 0 heterocycles.